The van der Waals surface area contributed by atoms with Gasteiger partial charge in [-0.25, -0.2) is 0 Å². The predicted molar refractivity (Wildman–Crippen MR) is 62.1 cm³/mol. The summed E-state index contributed by atoms with van der Waals surface area (Å²) in [4.78, 5) is 0.766. The highest BCUT2D eigenvalue weighted by Gasteiger charge is 2.11. The Kier molecular flexibility index (Phi) is 2.24. The number of rotatable bonds is 0. The minimum atomic E-state index is 0.579. The summed E-state index contributed by atoms with van der Waals surface area (Å²) in [5.41, 5.74) is 2.22. The lowest BCUT2D eigenvalue weighted by atomic mass is 10.1. The van der Waals surface area contributed by atoms with Crippen LogP contribution in [0.1, 0.15) is 5.56 Å². The summed E-state index contributed by atoms with van der Waals surface area (Å²) in [6, 6.07) is 8.02. The molecule has 4 heteroatoms. The highest BCUT2D eigenvalue weighted by Crippen LogP contribution is 2.17. The molecule has 0 saturated heterocycles. The van der Waals surface area contributed by atoms with Crippen molar-refractivity contribution in [2.75, 3.05) is 5.32 Å². The van der Waals surface area contributed by atoms with Crippen molar-refractivity contribution in [1.29, 1.82) is 0 Å². The van der Waals surface area contributed by atoms with Crippen LogP contribution in [0.4, 0.5) is 5.69 Å². The van der Waals surface area contributed by atoms with Gasteiger partial charge < -0.3 is 10.6 Å². The van der Waals surface area contributed by atoms with Crippen LogP contribution in [0.2, 0.25) is 0 Å². The third-order valence-corrected chi connectivity index (χ3v) is 2.32. The Morgan fingerprint density at radius 2 is 1.85 bits per heavy atom. The molecule has 0 atom stereocenters. The van der Waals surface area contributed by atoms with Crippen LogP contribution in [0.25, 0.3) is 0 Å². The summed E-state index contributed by atoms with van der Waals surface area (Å²) >= 11 is 10.1. The van der Waals surface area contributed by atoms with Crippen molar-refractivity contribution in [3.05, 3.63) is 29.8 Å². The fraction of sp³-hybridized carbons (Fsp3) is 0.111. The van der Waals surface area contributed by atoms with E-state index in [4.69, 9.17) is 24.4 Å². The summed E-state index contributed by atoms with van der Waals surface area (Å²) in [7, 11) is 0. The molecule has 0 unspecified atom stereocenters. The van der Waals surface area contributed by atoms with Gasteiger partial charge in [-0.05, 0) is 23.8 Å². The highest BCUT2D eigenvalue weighted by molar-refractivity contribution is 7.82. The van der Waals surface area contributed by atoms with Gasteiger partial charge in [-0.15, -0.1) is 0 Å². The quantitative estimate of drug-likeness (QED) is 0.635. The van der Waals surface area contributed by atoms with Gasteiger partial charge >= 0.3 is 0 Å². The fourth-order valence-corrected chi connectivity index (χ4v) is 1.85. The summed E-state index contributed by atoms with van der Waals surface area (Å²) < 4.78 is 0. The average molecular weight is 208 g/mol. The number of thiocarbonyl (C=S) groups is 2. The fourth-order valence-electron chi connectivity index (χ4n) is 1.29. The Balaban J connectivity index is 2.43. The lowest BCUT2D eigenvalue weighted by Gasteiger charge is -2.05. The molecule has 2 rings (SSSR count). The summed E-state index contributed by atoms with van der Waals surface area (Å²) in [5.74, 6) is 0. The lowest BCUT2D eigenvalue weighted by Crippen LogP contribution is -2.31. The van der Waals surface area contributed by atoms with Crippen molar-refractivity contribution >= 4 is 40.2 Å². The van der Waals surface area contributed by atoms with Crippen molar-refractivity contribution in [2.24, 2.45) is 0 Å². The first-order chi connectivity index (χ1) is 6.25. The van der Waals surface area contributed by atoms with Gasteiger partial charge in [-0.2, -0.15) is 0 Å². The molecule has 0 radical (unpaired) electrons. The van der Waals surface area contributed by atoms with Gasteiger partial charge in [-0.3, -0.25) is 0 Å². The summed E-state index contributed by atoms with van der Waals surface area (Å²) in [5, 5.41) is 6.60. The minimum absolute atomic E-state index is 0.579. The van der Waals surface area contributed by atoms with Crippen molar-refractivity contribution in [2.45, 2.75) is 6.42 Å². The van der Waals surface area contributed by atoms with Gasteiger partial charge in [0.25, 0.3) is 0 Å². The smallest absolute Gasteiger partial charge is 0.175 e. The molecule has 1 heterocycles. The molecular weight excluding hydrogens is 200 g/mol. The number of para-hydroxylation sites is 1. The first-order valence-corrected chi connectivity index (χ1v) is 4.76. The third-order valence-electron chi connectivity index (χ3n) is 1.87. The van der Waals surface area contributed by atoms with Crippen LogP contribution in [0.15, 0.2) is 24.3 Å². The standard InChI is InChI=1S/C9H8N2S2/c12-8-5-6-3-1-2-4-7(6)10-9(13)11-8/h1-4H,5H2,(H2,10,11,12,13). The van der Waals surface area contributed by atoms with Crippen LogP contribution >= 0.6 is 24.4 Å². The maximum absolute atomic E-state index is 5.11. The van der Waals surface area contributed by atoms with Gasteiger partial charge in [0, 0.05) is 12.1 Å². The van der Waals surface area contributed by atoms with E-state index in [1.807, 2.05) is 24.3 Å². The first kappa shape index (κ1) is 8.59. The van der Waals surface area contributed by atoms with Crippen molar-refractivity contribution < 1.29 is 0 Å². The molecule has 2 N–H and O–H groups in total. The molecule has 0 saturated carbocycles. The van der Waals surface area contributed by atoms with Crippen LogP contribution in [0, 0.1) is 0 Å². The van der Waals surface area contributed by atoms with Crippen molar-refractivity contribution in [3.63, 3.8) is 0 Å². The SMILES string of the molecule is S=C1Cc2ccccc2NC(=S)N1. The molecule has 66 valence electrons. The summed E-state index contributed by atoms with van der Waals surface area (Å²) in [6.07, 6.45) is 0.749. The van der Waals surface area contributed by atoms with Gasteiger partial charge in [0.05, 0.1) is 4.99 Å². The molecule has 0 fully saturated rings. The monoisotopic (exact) mass is 208 g/mol. The number of nitrogens with one attached hydrogen (secondary N) is 2. The largest absolute Gasteiger partial charge is 0.332 e. The molecule has 1 aliphatic heterocycles. The van der Waals surface area contributed by atoms with E-state index in [9.17, 15) is 0 Å². The maximum atomic E-state index is 5.11. The molecule has 0 bridgehead atoms. The van der Waals surface area contributed by atoms with E-state index in [1.54, 1.807) is 0 Å². The van der Waals surface area contributed by atoms with Gasteiger partial charge in [0.15, 0.2) is 5.11 Å². The zero-order valence-corrected chi connectivity index (χ0v) is 8.47. The summed E-state index contributed by atoms with van der Waals surface area (Å²) in [6.45, 7) is 0. The Hall–Kier alpha value is -1.00. The molecule has 0 aromatic heterocycles. The van der Waals surface area contributed by atoms with Crippen LogP contribution in [0.5, 0.6) is 0 Å². The van der Waals surface area contributed by atoms with E-state index in [1.165, 1.54) is 5.56 Å². The maximum Gasteiger partial charge on any atom is 0.175 e. The van der Waals surface area contributed by atoms with Crippen molar-refractivity contribution in [1.82, 2.24) is 5.32 Å². The van der Waals surface area contributed by atoms with Crippen LogP contribution in [-0.4, -0.2) is 10.1 Å². The normalized spacial score (nSPS) is 15.4. The third kappa shape index (κ3) is 1.84. The molecule has 1 aliphatic rings. The number of anilines is 1. The Labute approximate surface area is 87.3 Å². The zero-order valence-electron chi connectivity index (χ0n) is 6.83. The van der Waals surface area contributed by atoms with E-state index < -0.39 is 0 Å². The van der Waals surface area contributed by atoms with Gasteiger partial charge in [0.1, 0.15) is 0 Å². The first-order valence-electron chi connectivity index (χ1n) is 3.94. The van der Waals surface area contributed by atoms with E-state index in [-0.39, 0.29) is 0 Å². The molecule has 0 aliphatic carbocycles. The topological polar surface area (TPSA) is 24.1 Å². The minimum Gasteiger partial charge on any atom is -0.332 e. The van der Waals surface area contributed by atoms with E-state index >= 15 is 0 Å². The predicted octanol–water partition coefficient (Wildman–Crippen LogP) is 1.86. The Morgan fingerprint density at radius 3 is 2.69 bits per heavy atom. The number of benzene rings is 1. The van der Waals surface area contributed by atoms with E-state index in [0.29, 0.717) is 5.11 Å². The van der Waals surface area contributed by atoms with Crippen LogP contribution < -0.4 is 10.6 Å². The molecule has 0 amide bonds. The number of hydrogen-bond donors (Lipinski definition) is 2. The van der Waals surface area contributed by atoms with E-state index in [2.05, 4.69) is 10.6 Å². The Bertz CT molecular complexity index is 339. The molecule has 2 nitrogen and oxygen atoms in total. The van der Waals surface area contributed by atoms with Crippen molar-refractivity contribution in [3.8, 4) is 0 Å². The Morgan fingerprint density at radius 1 is 1.08 bits per heavy atom. The second-order valence-electron chi connectivity index (χ2n) is 2.84. The van der Waals surface area contributed by atoms with Gasteiger partial charge in [0.2, 0.25) is 0 Å². The number of fused-ring (bicyclic) bond motifs is 1. The van der Waals surface area contributed by atoms with Gasteiger partial charge in [-0.1, -0.05) is 30.4 Å². The zero-order chi connectivity index (χ0) is 9.26. The van der Waals surface area contributed by atoms with Crippen LogP contribution in [-0.2, 0) is 6.42 Å². The number of hydrogen-bond acceptors (Lipinski definition) is 2. The molecule has 0 spiro atoms. The second kappa shape index (κ2) is 3.40. The average Bonchev–Trinajstić information content (AvgIpc) is 2.20. The molecular formula is C9H8N2S2. The second-order valence-corrected chi connectivity index (χ2v) is 3.74. The highest BCUT2D eigenvalue weighted by atomic mass is 32.1. The molecule has 13 heavy (non-hydrogen) atoms. The molecule has 1 aromatic carbocycles. The van der Waals surface area contributed by atoms with Crippen LogP contribution in [0.3, 0.4) is 0 Å². The molecule has 1 aromatic rings. The lowest BCUT2D eigenvalue weighted by molar-refractivity contribution is 1.30. The van der Waals surface area contributed by atoms with E-state index in [0.717, 1.165) is 17.1 Å².